The van der Waals surface area contributed by atoms with E-state index in [4.69, 9.17) is 21.1 Å². The van der Waals surface area contributed by atoms with Gasteiger partial charge in [-0.05, 0) is 36.4 Å². The molecule has 8 nitrogen and oxygen atoms in total. The number of carbonyl (C=O) groups excluding carboxylic acids is 3. The van der Waals surface area contributed by atoms with E-state index in [2.05, 4.69) is 5.32 Å². The summed E-state index contributed by atoms with van der Waals surface area (Å²) in [5, 5.41) is 14.1. The number of nitrogens with zero attached hydrogens (tertiary/aromatic N) is 1. The Kier molecular flexibility index (Phi) is 7.05. The van der Waals surface area contributed by atoms with Gasteiger partial charge < -0.3 is 24.8 Å². The van der Waals surface area contributed by atoms with Crippen LogP contribution >= 0.6 is 11.6 Å². The van der Waals surface area contributed by atoms with Gasteiger partial charge in [-0.1, -0.05) is 11.6 Å². The van der Waals surface area contributed by atoms with Crippen molar-refractivity contribution in [1.82, 2.24) is 10.2 Å². The zero-order chi connectivity index (χ0) is 23.4. The van der Waals surface area contributed by atoms with E-state index in [0.717, 1.165) is 0 Å². The van der Waals surface area contributed by atoms with E-state index in [1.54, 1.807) is 42.5 Å². The van der Waals surface area contributed by atoms with Gasteiger partial charge in [0.25, 0.3) is 11.7 Å². The first kappa shape index (κ1) is 23.1. The molecule has 1 saturated heterocycles. The van der Waals surface area contributed by atoms with E-state index in [9.17, 15) is 19.5 Å². The summed E-state index contributed by atoms with van der Waals surface area (Å²) >= 11 is 5.94. The van der Waals surface area contributed by atoms with Gasteiger partial charge in [0.2, 0.25) is 5.91 Å². The molecule has 0 aliphatic carbocycles. The van der Waals surface area contributed by atoms with Gasteiger partial charge in [-0.25, -0.2) is 0 Å². The van der Waals surface area contributed by atoms with Crippen molar-refractivity contribution in [3.05, 3.63) is 64.2 Å². The molecule has 1 heterocycles. The number of benzene rings is 2. The van der Waals surface area contributed by atoms with Crippen molar-refractivity contribution in [3.63, 3.8) is 0 Å². The number of halogens is 1. The SMILES string of the molecule is COc1ccc(C2/C(=C(\O)c3ccc(Cl)cc3)C(=O)C(=O)N2CCNC(C)=O)c(OC)c1. The van der Waals surface area contributed by atoms with Gasteiger partial charge in [0.15, 0.2) is 0 Å². The van der Waals surface area contributed by atoms with Gasteiger partial charge in [-0.15, -0.1) is 0 Å². The highest BCUT2D eigenvalue weighted by atomic mass is 35.5. The quantitative estimate of drug-likeness (QED) is 0.375. The Balaban J connectivity index is 2.17. The third-order valence-corrected chi connectivity index (χ3v) is 5.37. The largest absolute Gasteiger partial charge is 0.507 e. The van der Waals surface area contributed by atoms with Crippen LogP contribution in [0.3, 0.4) is 0 Å². The van der Waals surface area contributed by atoms with Crippen LogP contribution in [-0.2, 0) is 14.4 Å². The smallest absolute Gasteiger partial charge is 0.295 e. The van der Waals surface area contributed by atoms with E-state index in [-0.39, 0.29) is 30.3 Å². The molecule has 0 radical (unpaired) electrons. The van der Waals surface area contributed by atoms with Crippen molar-refractivity contribution in [2.75, 3.05) is 27.3 Å². The van der Waals surface area contributed by atoms with Crippen LogP contribution in [0.15, 0.2) is 48.0 Å². The van der Waals surface area contributed by atoms with Gasteiger partial charge in [0.05, 0.1) is 25.8 Å². The van der Waals surface area contributed by atoms with Gasteiger partial charge in [0.1, 0.15) is 17.3 Å². The average Bonchev–Trinajstić information content (AvgIpc) is 3.03. The van der Waals surface area contributed by atoms with Crippen molar-refractivity contribution >= 4 is 35.0 Å². The number of Topliss-reactive ketones (excluding diaryl/α,β-unsaturated/α-hetero) is 1. The van der Waals surface area contributed by atoms with E-state index in [1.807, 2.05) is 0 Å². The number of likely N-dealkylation sites (tertiary alicyclic amines) is 1. The summed E-state index contributed by atoms with van der Waals surface area (Å²) < 4.78 is 10.7. The lowest BCUT2D eigenvalue weighted by molar-refractivity contribution is -0.140. The lowest BCUT2D eigenvalue weighted by atomic mass is 9.94. The Morgan fingerprint density at radius 2 is 1.81 bits per heavy atom. The van der Waals surface area contributed by atoms with Crippen LogP contribution in [0, 0.1) is 0 Å². The molecule has 1 aliphatic heterocycles. The number of aliphatic hydroxyl groups is 1. The molecule has 1 atom stereocenters. The Bertz CT molecular complexity index is 1080. The number of rotatable bonds is 7. The predicted octanol–water partition coefficient (Wildman–Crippen LogP) is 2.92. The molecule has 2 aromatic carbocycles. The van der Waals surface area contributed by atoms with E-state index in [1.165, 1.54) is 26.0 Å². The molecule has 2 amide bonds. The minimum absolute atomic E-state index is 0.0569. The van der Waals surface area contributed by atoms with Crippen molar-refractivity contribution in [3.8, 4) is 11.5 Å². The van der Waals surface area contributed by atoms with Gasteiger partial charge in [0, 0.05) is 42.2 Å². The highest BCUT2D eigenvalue weighted by Gasteiger charge is 2.46. The summed E-state index contributed by atoms with van der Waals surface area (Å²) in [6, 6.07) is 10.3. The maximum atomic E-state index is 13.0. The van der Waals surface area contributed by atoms with E-state index in [0.29, 0.717) is 27.6 Å². The van der Waals surface area contributed by atoms with E-state index < -0.39 is 17.7 Å². The minimum Gasteiger partial charge on any atom is -0.507 e. The fraction of sp³-hybridized carbons (Fsp3) is 0.261. The van der Waals surface area contributed by atoms with Crippen LogP contribution in [0.1, 0.15) is 24.1 Å². The summed E-state index contributed by atoms with van der Waals surface area (Å²) in [6.45, 7) is 1.55. The average molecular weight is 459 g/mol. The van der Waals surface area contributed by atoms with Crippen LogP contribution in [-0.4, -0.2) is 54.9 Å². The first-order chi connectivity index (χ1) is 15.3. The molecule has 1 unspecified atom stereocenters. The van der Waals surface area contributed by atoms with Gasteiger partial charge in [-0.2, -0.15) is 0 Å². The number of nitrogens with one attached hydrogen (secondary N) is 1. The zero-order valence-corrected chi connectivity index (χ0v) is 18.6. The van der Waals surface area contributed by atoms with Crippen molar-refractivity contribution in [1.29, 1.82) is 0 Å². The summed E-state index contributed by atoms with van der Waals surface area (Å²) in [7, 11) is 2.97. The molecule has 0 spiro atoms. The summed E-state index contributed by atoms with van der Waals surface area (Å²) in [4.78, 5) is 38.5. The first-order valence-electron chi connectivity index (χ1n) is 9.79. The number of hydrogen-bond donors (Lipinski definition) is 2. The van der Waals surface area contributed by atoms with Gasteiger partial charge in [-0.3, -0.25) is 14.4 Å². The standard InChI is InChI=1S/C23H23ClN2O6/c1-13(27)25-10-11-26-20(17-9-8-16(31-2)12-18(17)32-3)19(22(29)23(26)30)21(28)14-4-6-15(24)7-5-14/h4-9,12,20,28H,10-11H2,1-3H3,(H,25,27)/b21-19+. The second kappa shape index (κ2) is 9.74. The topological polar surface area (TPSA) is 105 Å². The van der Waals surface area contributed by atoms with Gasteiger partial charge >= 0.3 is 0 Å². The molecule has 168 valence electrons. The number of hydrogen-bond acceptors (Lipinski definition) is 6. The van der Waals surface area contributed by atoms with Crippen LogP contribution in [0.2, 0.25) is 5.02 Å². The molecule has 0 saturated carbocycles. The van der Waals surface area contributed by atoms with Crippen molar-refractivity contribution < 1.29 is 29.0 Å². The molecular weight excluding hydrogens is 436 g/mol. The number of carbonyl (C=O) groups is 3. The second-order valence-corrected chi connectivity index (χ2v) is 7.53. The van der Waals surface area contributed by atoms with Crippen molar-refractivity contribution in [2.24, 2.45) is 0 Å². The number of ketones is 1. The molecule has 0 aromatic heterocycles. The minimum atomic E-state index is -0.930. The maximum Gasteiger partial charge on any atom is 0.295 e. The second-order valence-electron chi connectivity index (χ2n) is 7.09. The molecule has 1 aliphatic rings. The fourth-order valence-electron chi connectivity index (χ4n) is 3.59. The number of ether oxygens (including phenoxy) is 2. The third-order valence-electron chi connectivity index (χ3n) is 5.12. The monoisotopic (exact) mass is 458 g/mol. The Hall–Kier alpha value is -3.52. The molecular formula is C23H23ClN2O6. The Labute approximate surface area is 190 Å². The van der Waals surface area contributed by atoms with Crippen molar-refractivity contribution in [2.45, 2.75) is 13.0 Å². The highest BCUT2D eigenvalue weighted by Crippen LogP contribution is 2.43. The zero-order valence-electron chi connectivity index (χ0n) is 17.8. The molecule has 3 rings (SSSR count). The fourth-order valence-corrected chi connectivity index (χ4v) is 3.72. The Morgan fingerprint density at radius 1 is 1.12 bits per heavy atom. The Morgan fingerprint density at radius 3 is 2.41 bits per heavy atom. The lowest BCUT2D eigenvalue weighted by Gasteiger charge is -2.26. The normalized spacial score (nSPS) is 17.4. The lowest BCUT2D eigenvalue weighted by Crippen LogP contribution is -2.37. The molecule has 0 bridgehead atoms. The van der Waals surface area contributed by atoms with Crippen LogP contribution in [0.25, 0.3) is 5.76 Å². The number of aliphatic hydroxyl groups excluding tert-OH is 1. The number of amides is 2. The maximum absolute atomic E-state index is 13.0. The first-order valence-corrected chi connectivity index (χ1v) is 10.2. The van der Waals surface area contributed by atoms with Crippen LogP contribution < -0.4 is 14.8 Å². The predicted molar refractivity (Wildman–Crippen MR) is 119 cm³/mol. The summed E-state index contributed by atoms with van der Waals surface area (Å²) in [5.41, 5.74) is 0.751. The summed E-state index contributed by atoms with van der Waals surface area (Å²) in [5.74, 6) is -1.30. The molecule has 2 aromatic rings. The van der Waals surface area contributed by atoms with E-state index >= 15 is 0 Å². The van der Waals surface area contributed by atoms with Crippen LogP contribution in [0.4, 0.5) is 0 Å². The number of methoxy groups -OCH3 is 2. The molecule has 9 heteroatoms. The molecule has 32 heavy (non-hydrogen) atoms. The molecule has 1 fully saturated rings. The van der Waals surface area contributed by atoms with Crippen LogP contribution in [0.5, 0.6) is 11.5 Å². The molecule has 2 N–H and O–H groups in total. The summed E-state index contributed by atoms with van der Waals surface area (Å²) in [6.07, 6.45) is 0. The highest BCUT2D eigenvalue weighted by molar-refractivity contribution is 6.46. The third kappa shape index (κ3) is 4.55.